The molecule has 0 aromatic rings. The van der Waals surface area contributed by atoms with Crippen LogP contribution in [0.3, 0.4) is 0 Å². The highest BCUT2D eigenvalue weighted by atomic mass is 16.7. The Morgan fingerprint density at radius 1 is 0.974 bits per heavy atom. The van der Waals surface area contributed by atoms with E-state index in [2.05, 4.69) is 40.7 Å². The van der Waals surface area contributed by atoms with Gasteiger partial charge in [0.15, 0.2) is 6.29 Å². The van der Waals surface area contributed by atoms with Gasteiger partial charge in [0, 0.05) is 6.42 Å². The highest BCUT2D eigenvalue weighted by Crippen LogP contribution is 2.71. The summed E-state index contributed by atoms with van der Waals surface area (Å²) in [7, 11) is 0. The zero-order valence-electron chi connectivity index (χ0n) is 24.5. The fourth-order valence-electron chi connectivity index (χ4n) is 11.1. The number of aliphatic carboxylic acids is 1. The zero-order chi connectivity index (χ0) is 27.1. The first-order valence-electron chi connectivity index (χ1n) is 15.8. The molecular formula is C33H52O5. The quantitative estimate of drug-likeness (QED) is 0.305. The van der Waals surface area contributed by atoms with E-state index in [-0.39, 0.29) is 40.7 Å². The van der Waals surface area contributed by atoms with E-state index in [1.807, 2.05) is 0 Å². The molecule has 0 bridgehead atoms. The Hall–Kier alpha value is -0.910. The molecule has 5 heteroatoms. The van der Waals surface area contributed by atoms with Gasteiger partial charge in [-0.05, 0) is 116 Å². The minimum absolute atomic E-state index is 0.206. The van der Waals surface area contributed by atoms with Gasteiger partial charge in [-0.2, -0.15) is 0 Å². The largest absolute Gasteiger partial charge is 0.481 e. The van der Waals surface area contributed by atoms with Crippen LogP contribution in [-0.2, 0) is 14.3 Å². The predicted molar refractivity (Wildman–Crippen MR) is 147 cm³/mol. The van der Waals surface area contributed by atoms with E-state index < -0.39 is 11.4 Å². The van der Waals surface area contributed by atoms with Gasteiger partial charge < -0.3 is 19.7 Å². The molecule has 0 aromatic heterocycles. The third-order valence-electron chi connectivity index (χ3n) is 13.3. The minimum atomic E-state index is -0.541. The number of fused-ring (bicyclic) bond motifs is 7. The second-order valence-electron chi connectivity index (χ2n) is 15.7. The average Bonchev–Trinajstić information content (AvgIpc) is 2.85. The summed E-state index contributed by atoms with van der Waals surface area (Å²) in [5.41, 5.74) is 1.76. The second kappa shape index (κ2) is 9.31. The molecule has 11 atom stereocenters. The van der Waals surface area contributed by atoms with E-state index in [1.54, 1.807) is 0 Å². The van der Waals surface area contributed by atoms with E-state index in [9.17, 15) is 15.0 Å². The molecule has 1 saturated heterocycles. The van der Waals surface area contributed by atoms with Crippen molar-refractivity contribution in [3.05, 3.63) is 11.6 Å². The van der Waals surface area contributed by atoms with E-state index >= 15 is 0 Å². The first-order chi connectivity index (χ1) is 17.9. The van der Waals surface area contributed by atoms with Crippen LogP contribution in [-0.4, -0.2) is 41.3 Å². The van der Waals surface area contributed by atoms with Crippen molar-refractivity contribution in [2.24, 2.45) is 51.2 Å². The first kappa shape index (κ1) is 27.3. The van der Waals surface area contributed by atoms with Gasteiger partial charge in [-0.3, -0.25) is 4.79 Å². The van der Waals surface area contributed by atoms with Gasteiger partial charge in [0.1, 0.15) is 0 Å². The lowest BCUT2D eigenvalue weighted by molar-refractivity contribution is -0.240. The predicted octanol–water partition coefficient (Wildman–Crippen LogP) is 6.98. The standard InChI is InChI=1S/C33H52O5/c1-20-23-8-12-32(5)24-9-14-33(29(35)36)16-15-30(2,3)19-25(33)22(24)6-7-27(32)31(23,4)13-10-26(20)38-28-18-21(34)11-17-37-28/h6,20-21,23-28,34H,7-19H2,1-5H3,(H,35,36)/t20-,21+,23?,24?,25+,26+,27?,28?,31+,32+,33-/m1/s1. The maximum absolute atomic E-state index is 12.8. The monoisotopic (exact) mass is 528 g/mol. The molecule has 6 rings (SSSR count). The molecule has 0 aromatic carbocycles. The number of aliphatic hydroxyl groups excluding tert-OH is 1. The van der Waals surface area contributed by atoms with Crippen LogP contribution in [0.5, 0.6) is 0 Å². The molecule has 4 unspecified atom stereocenters. The topological polar surface area (TPSA) is 76.0 Å². The molecular weight excluding hydrogens is 476 g/mol. The van der Waals surface area contributed by atoms with Crippen molar-refractivity contribution >= 4 is 5.97 Å². The van der Waals surface area contributed by atoms with Crippen molar-refractivity contribution in [1.29, 1.82) is 0 Å². The number of aliphatic hydroxyl groups is 1. The first-order valence-corrected chi connectivity index (χ1v) is 15.8. The highest BCUT2D eigenvalue weighted by Gasteiger charge is 2.64. The van der Waals surface area contributed by atoms with Crippen LogP contribution < -0.4 is 0 Å². The Kier molecular flexibility index (Phi) is 6.68. The molecule has 6 aliphatic rings. The van der Waals surface area contributed by atoms with Crippen molar-refractivity contribution < 1.29 is 24.5 Å². The number of carbonyl (C=O) groups is 1. The zero-order valence-corrected chi connectivity index (χ0v) is 24.5. The van der Waals surface area contributed by atoms with Crippen LogP contribution in [0.2, 0.25) is 0 Å². The Morgan fingerprint density at radius 3 is 2.47 bits per heavy atom. The summed E-state index contributed by atoms with van der Waals surface area (Å²) in [5.74, 6) is 1.97. The highest BCUT2D eigenvalue weighted by molar-refractivity contribution is 5.76. The van der Waals surface area contributed by atoms with Gasteiger partial charge >= 0.3 is 5.97 Å². The van der Waals surface area contributed by atoms with Crippen LogP contribution in [0.25, 0.3) is 0 Å². The Labute approximate surface area is 230 Å². The number of hydrogen-bond acceptors (Lipinski definition) is 4. The third-order valence-corrected chi connectivity index (χ3v) is 13.3. The SMILES string of the molecule is C[C@@H]1C2CC[C@@]3(C)C4CC[C@@]5(C(=O)O)CCC(C)(C)C[C@H]5C4=CCC3[C@@]2(C)CC[C@@H]1OC1C[C@@H](O)CCO1. The lowest BCUT2D eigenvalue weighted by atomic mass is 9.38. The van der Waals surface area contributed by atoms with Crippen LogP contribution in [0.4, 0.5) is 0 Å². The van der Waals surface area contributed by atoms with Gasteiger partial charge in [0.25, 0.3) is 0 Å². The molecule has 5 nitrogen and oxygen atoms in total. The van der Waals surface area contributed by atoms with Crippen molar-refractivity contribution in [1.82, 2.24) is 0 Å². The fourth-order valence-corrected chi connectivity index (χ4v) is 11.1. The average molecular weight is 529 g/mol. The van der Waals surface area contributed by atoms with Crippen LogP contribution >= 0.6 is 0 Å². The van der Waals surface area contributed by atoms with Gasteiger partial charge in [-0.15, -0.1) is 0 Å². The molecule has 5 aliphatic carbocycles. The Bertz CT molecular complexity index is 972. The molecule has 214 valence electrons. The smallest absolute Gasteiger partial charge is 0.310 e. The molecule has 0 radical (unpaired) electrons. The van der Waals surface area contributed by atoms with Crippen molar-refractivity contribution in [2.45, 2.75) is 130 Å². The molecule has 2 N–H and O–H groups in total. The summed E-state index contributed by atoms with van der Waals surface area (Å²) >= 11 is 0. The van der Waals surface area contributed by atoms with Crippen molar-refractivity contribution in [2.75, 3.05) is 6.61 Å². The lowest BCUT2D eigenvalue weighted by Crippen LogP contribution is -2.60. The lowest BCUT2D eigenvalue weighted by Gasteiger charge is -2.66. The molecule has 0 spiro atoms. The maximum atomic E-state index is 12.8. The molecule has 0 amide bonds. The number of carboxylic acid groups (broad SMARTS) is 1. The third kappa shape index (κ3) is 4.07. The maximum Gasteiger partial charge on any atom is 0.310 e. The number of hydrogen-bond donors (Lipinski definition) is 2. The Balaban J connectivity index is 1.25. The normalized spacial score (nSPS) is 52.0. The number of rotatable bonds is 3. The Morgan fingerprint density at radius 2 is 1.74 bits per heavy atom. The summed E-state index contributed by atoms with van der Waals surface area (Å²) in [6, 6.07) is 0. The van der Waals surface area contributed by atoms with E-state index in [0.717, 1.165) is 44.9 Å². The minimum Gasteiger partial charge on any atom is -0.481 e. The summed E-state index contributed by atoms with van der Waals surface area (Å²) in [5, 5.41) is 20.6. The molecule has 1 aliphatic heterocycles. The second-order valence-corrected chi connectivity index (χ2v) is 15.7. The van der Waals surface area contributed by atoms with Crippen LogP contribution in [0.1, 0.15) is 112 Å². The van der Waals surface area contributed by atoms with E-state index in [4.69, 9.17) is 9.47 Å². The van der Waals surface area contributed by atoms with Crippen LogP contribution in [0, 0.1) is 51.2 Å². The fraction of sp³-hybridized carbons (Fsp3) is 0.909. The molecule has 4 saturated carbocycles. The van der Waals surface area contributed by atoms with E-state index in [0.29, 0.717) is 43.1 Å². The summed E-state index contributed by atoms with van der Waals surface area (Å²) in [4.78, 5) is 12.8. The summed E-state index contributed by atoms with van der Waals surface area (Å²) in [6.07, 6.45) is 14.1. The molecule has 1 heterocycles. The number of ether oxygens (including phenoxy) is 2. The van der Waals surface area contributed by atoms with Gasteiger partial charge in [-0.1, -0.05) is 46.3 Å². The molecule has 38 heavy (non-hydrogen) atoms. The number of carboxylic acids is 1. The van der Waals surface area contributed by atoms with Gasteiger partial charge in [0.2, 0.25) is 0 Å². The van der Waals surface area contributed by atoms with Gasteiger partial charge in [-0.25, -0.2) is 0 Å². The number of allylic oxidation sites excluding steroid dienone is 2. The van der Waals surface area contributed by atoms with Crippen molar-refractivity contribution in [3.8, 4) is 0 Å². The summed E-state index contributed by atoms with van der Waals surface area (Å²) < 4.78 is 12.4. The van der Waals surface area contributed by atoms with Crippen LogP contribution in [0.15, 0.2) is 11.6 Å². The summed E-state index contributed by atoms with van der Waals surface area (Å²) in [6.45, 7) is 12.9. The van der Waals surface area contributed by atoms with E-state index in [1.165, 1.54) is 24.8 Å². The van der Waals surface area contributed by atoms with Gasteiger partial charge in [0.05, 0.1) is 24.2 Å². The van der Waals surface area contributed by atoms with Crippen molar-refractivity contribution in [3.63, 3.8) is 0 Å². The molecule has 5 fully saturated rings.